The fourth-order valence-electron chi connectivity index (χ4n) is 15.4. The Balaban J connectivity index is 0.000000110. The summed E-state index contributed by atoms with van der Waals surface area (Å²) in [7, 11) is 0. The smallest absolute Gasteiger partial charge is 0.238 e. The van der Waals surface area contributed by atoms with Crippen molar-refractivity contribution in [2.45, 2.75) is 51.4 Å². The number of rotatable bonds is 2. The zero-order chi connectivity index (χ0) is 32.9. The van der Waals surface area contributed by atoms with Crippen molar-refractivity contribution in [1.82, 2.24) is 0 Å². The van der Waals surface area contributed by atoms with Crippen LogP contribution >= 0.6 is 0 Å². The van der Waals surface area contributed by atoms with E-state index < -0.39 is 0 Å². The first-order valence-corrected chi connectivity index (χ1v) is 19.8. The number of carbonyl (C=O) groups is 4. The van der Waals surface area contributed by atoms with Crippen LogP contribution < -0.4 is 9.80 Å². The highest BCUT2D eigenvalue weighted by Gasteiger charge is 2.71. The van der Waals surface area contributed by atoms with Crippen molar-refractivity contribution in [2.24, 2.45) is 94.7 Å². The van der Waals surface area contributed by atoms with E-state index in [2.05, 4.69) is 0 Å². The fraction of sp³-hybridized carbons (Fsp3) is 0.545. The molecule has 50 heavy (non-hydrogen) atoms. The molecule has 16 rings (SSSR count). The van der Waals surface area contributed by atoms with Crippen LogP contribution in [-0.2, 0) is 19.2 Å². The zero-order valence-electron chi connectivity index (χ0n) is 28.2. The van der Waals surface area contributed by atoms with Crippen LogP contribution in [-0.4, -0.2) is 23.6 Å². The first-order valence-electron chi connectivity index (χ1n) is 19.8. The van der Waals surface area contributed by atoms with Gasteiger partial charge in [0.1, 0.15) is 0 Å². The van der Waals surface area contributed by atoms with Gasteiger partial charge in [-0.15, -0.1) is 0 Å². The van der Waals surface area contributed by atoms with Gasteiger partial charge in [-0.05, 0) is 147 Å². The molecule has 0 radical (unpaired) electrons. The Labute approximate surface area is 292 Å². The maximum absolute atomic E-state index is 13.2. The van der Waals surface area contributed by atoms with Gasteiger partial charge in [-0.25, -0.2) is 0 Å². The topological polar surface area (TPSA) is 74.8 Å². The molecule has 0 aromatic heterocycles. The predicted octanol–water partition coefficient (Wildman–Crippen LogP) is 6.83. The number of fused-ring (bicyclic) bond motifs is 12. The summed E-state index contributed by atoms with van der Waals surface area (Å²) in [5, 5.41) is 0. The molecular weight excluding hydrogens is 620 g/mol. The van der Waals surface area contributed by atoms with E-state index in [0.717, 1.165) is 71.6 Å². The van der Waals surface area contributed by atoms with Gasteiger partial charge in [0.15, 0.2) is 0 Å². The van der Waals surface area contributed by atoms with Crippen LogP contribution in [0.2, 0.25) is 0 Å². The molecule has 4 amide bonds. The molecule has 2 saturated heterocycles. The lowest BCUT2D eigenvalue weighted by atomic mass is 9.60. The number of hydrogen-bond acceptors (Lipinski definition) is 4. The quantitative estimate of drug-likeness (QED) is 0.261. The van der Waals surface area contributed by atoms with Gasteiger partial charge >= 0.3 is 0 Å². The Morgan fingerprint density at radius 3 is 0.920 bits per heavy atom. The summed E-state index contributed by atoms with van der Waals surface area (Å²) in [5.74, 6) is 8.31. The number of carbonyl (C=O) groups excluding carboxylic acids is 4. The van der Waals surface area contributed by atoms with Crippen molar-refractivity contribution in [3.8, 4) is 0 Å². The highest BCUT2D eigenvalue weighted by Crippen LogP contribution is 2.75. The molecule has 12 aliphatic carbocycles. The Kier molecular flexibility index (Phi) is 5.10. The standard InChI is InChI=1S/2C22H21NO2/c2*24-21-19-15-9-16(18-12-7-6-11(17(15)18)13-8-14(12)13)20(19)22(25)23(21)10-4-2-1-3-5-10/h2*1-5,11-16,19-20H,6-9H2. The molecule has 0 spiro atoms. The third kappa shape index (κ3) is 3.14. The Morgan fingerprint density at radius 1 is 0.360 bits per heavy atom. The number of amides is 4. The van der Waals surface area contributed by atoms with Gasteiger partial charge in [-0.1, -0.05) is 58.7 Å². The van der Waals surface area contributed by atoms with Crippen molar-refractivity contribution in [3.63, 3.8) is 0 Å². The summed E-state index contributed by atoms with van der Waals surface area (Å²) in [4.78, 5) is 56.0. The lowest BCUT2D eigenvalue weighted by molar-refractivity contribution is -0.124. The number of allylic oxidation sites excluding steroid dienone is 4. The summed E-state index contributed by atoms with van der Waals surface area (Å²) < 4.78 is 0. The van der Waals surface area contributed by atoms with Crippen LogP contribution in [0.4, 0.5) is 11.4 Å². The molecule has 8 fully saturated rings. The molecule has 6 saturated carbocycles. The lowest BCUT2D eigenvalue weighted by Crippen LogP contribution is -2.38. The molecule has 2 aromatic carbocycles. The van der Waals surface area contributed by atoms with E-state index in [1.54, 1.807) is 22.3 Å². The average Bonchev–Trinajstić information content (AvgIpc) is 3.90. The largest absolute Gasteiger partial charge is 0.274 e. The van der Waals surface area contributed by atoms with E-state index in [-0.39, 0.29) is 47.3 Å². The SMILES string of the molecule is O=C1C2C3CC(C4=C3C3CCC4C4CC34)C2C(=O)N1c1ccccc1.O=C1C2C3CC(C4=C3C3CCC4C4CC34)C2C(=O)N1c1ccccc1. The zero-order valence-corrected chi connectivity index (χ0v) is 28.2. The van der Waals surface area contributed by atoms with E-state index >= 15 is 0 Å². The number of nitrogens with zero attached hydrogens (tertiary/aromatic N) is 2. The third-order valence-electron chi connectivity index (χ3n) is 16.9. The molecule has 2 aromatic rings. The van der Waals surface area contributed by atoms with E-state index in [0.29, 0.717) is 23.7 Å². The van der Waals surface area contributed by atoms with Gasteiger partial charge in [-0.3, -0.25) is 29.0 Å². The second-order valence-corrected chi connectivity index (χ2v) is 18.2. The van der Waals surface area contributed by atoms with Crippen LogP contribution in [0.3, 0.4) is 0 Å². The van der Waals surface area contributed by atoms with Gasteiger partial charge < -0.3 is 0 Å². The summed E-state index contributed by atoms with van der Waals surface area (Å²) in [6.07, 6.45) is 10.4. The van der Waals surface area contributed by atoms with Crippen LogP contribution in [0.25, 0.3) is 0 Å². The second kappa shape index (κ2) is 9.16. The summed E-state index contributed by atoms with van der Waals surface area (Å²) in [6, 6.07) is 19.1. The molecule has 2 heterocycles. The van der Waals surface area contributed by atoms with Gasteiger partial charge in [-0.2, -0.15) is 0 Å². The van der Waals surface area contributed by atoms with Crippen molar-refractivity contribution in [3.05, 3.63) is 83.0 Å². The van der Waals surface area contributed by atoms with Crippen molar-refractivity contribution in [2.75, 3.05) is 9.80 Å². The van der Waals surface area contributed by atoms with Gasteiger partial charge in [0.05, 0.1) is 35.0 Å². The van der Waals surface area contributed by atoms with Crippen LogP contribution in [0.5, 0.6) is 0 Å². The number of para-hydroxylation sites is 2. The van der Waals surface area contributed by atoms with Crippen LogP contribution in [0.15, 0.2) is 83.0 Å². The molecule has 8 bridgehead atoms. The molecule has 6 heteroatoms. The predicted molar refractivity (Wildman–Crippen MR) is 185 cm³/mol. The summed E-state index contributed by atoms with van der Waals surface area (Å²) >= 11 is 0. The fourth-order valence-corrected chi connectivity index (χ4v) is 15.4. The summed E-state index contributed by atoms with van der Waals surface area (Å²) in [5.41, 5.74) is 8.23. The maximum Gasteiger partial charge on any atom is 0.238 e. The number of imide groups is 2. The Morgan fingerprint density at radius 2 is 0.640 bits per heavy atom. The van der Waals surface area contributed by atoms with E-state index in [4.69, 9.17) is 0 Å². The molecule has 252 valence electrons. The first kappa shape index (κ1) is 27.9. The van der Waals surface area contributed by atoms with E-state index in [1.165, 1.54) is 48.3 Å². The highest BCUT2D eigenvalue weighted by atomic mass is 16.2. The normalized spacial score (nSPS) is 48.1. The molecule has 6 nitrogen and oxygen atoms in total. The van der Waals surface area contributed by atoms with Gasteiger partial charge in [0, 0.05) is 0 Å². The molecule has 2 aliphatic heterocycles. The maximum atomic E-state index is 13.2. The minimum Gasteiger partial charge on any atom is -0.274 e. The van der Waals surface area contributed by atoms with Crippen molar-refractivity contribution in [1.29, 1.82) is 0 Å². The molecule has 14 aliphatic rings. The van der Waals surface area contributed by atoms with Crippen molar-refractivity contribution >= 4 is 35.0 Å². The van der Waals surface area contributed by atoms with Gasteiger partial charge in [0.25, 0.3) is 0 Å². The Hall–Kier alpha value is -3.80. The monoisotopic (exact) mass is 662 g/mol. The van der Waals surface area contributed by atoms with E-state index in [1.807, 2.05) is 60.7 Å². The number of hydrogen-bond donors (Lipinski definition) is 0. The number of benzene rings is 2. The highest BCUT2D eigenvalue weighted by molar-refractivity contribution is 6.23. The number of anilines is 2. The van der Waals surface area contributed by atoms with Crippen LogP contribution in [0.1, 0.15) is 51.4 Å². The average molecular weight is 663 g/mol. The minimum absolute atomic E-state index is 0.0620. The molecule has 16 unspecified atom stereocenters. The lowest BCUT2D eigenvalue weighted by Gasteiger charge is -2.44. The molecular formula is C44H42N2O4. The molecule has 16 atom stereocenters. The summed E-state index contributed by atoms with van der Waals surface area (Å²) in [6.45, 7) is 0. The van der Waals surface area contributed by atoms with E-state index in [9.17, 15) is 19.2 Å². The van der Waals surface area contributed by atoms with Gasteiger partial charge in [0.2, 0.25) is 23.6 Å². The minimum atomic E-state index is -0.0620. The molecule has 0 N–H and O–H groups in total. The third-order valence-corrected chi connectivity index (χ3v) is 16.9. The Bertz CT molecular complexity index is 1790. The second-order valence-electron chi connectivity index (χ2n) is 18.2. The first-order chi connectivity index (χ1) is 24.5. The van der Waals surface area contributed by atoms with Crippen LogP contribution in [0, 0.1) is 94.7 Å². The van der Waals surface area contributed by atoms with Crippen molar-refractivity contribution < 1.29 is 19.2 Å².